The molecule has 0 aliphatic heterocycles. The fourth-order valence-electron chi connectivity index (χ4n) is 3.67. The summed E-state index contributed by atoms with van der Waals surface area (Å²) in [6, 6.07) is 7.32. The van der Waals surface area contributed by atoms with Crippen molar-refractivity contribution in [1.29, 1.82) is 0 Å². The maximum Gasteiger partial charge on any atom is 0.314 e. The highest BCUT2D eigenvalue weighted by atomic mass is 16.5. The number of hydrogen-bond donors (Lipinski definition) is 4. The number of carbonyl (C=O) groups excluding carboxylic acids is 1. The number of carboxylic acid groups (broad SMARTS) is 1. The number of carboxylic acids is 1. The quantitative estimate of drug-likeness (QED) is 0.315. The van der Waals surface area contributed by atoms with Gasteiger partial charge in [0, 0.05) is 12.5 Å². The van der Waals surface area contributed by atoms with Crippen LogP contribution in [-0.2, 0) is 16.0 Å². The van der Waals surface area contributed by atoms with Gasteiger partial charge in [0.2, 0.25) is 0 Å². The molecule has 1 atom stereocenters. The van der Waals surface area contributed by atoms with Crippen LogP contribution in [0.15, 0.2) is 24.3 Å². The van der Waals surface area contributed by atoms with Crippen LogP contribution in [0.4, 0.5) is 0 Å². The van der Waals surface area contributed by atoms with Crippen LogP contribution in [0, 0.1) is 11.8 Å². The van der Waals surface area contributed by atoms with Crippen molar-refractivity contribution in [2.75, 3.05) is 6.54 Å². The molecule has 32 heavy (non-hydrogen) atoms. The minimum absolute atomic E-state index is 0.0329. The molecule has 0 amide bonds. The normalized spacial score (nSPS) is 19.4. The van der Waals surface area contributed by atoms with Crippen molar-refractivity contribution in [3.8, 4) is 5.75 Å². The van der Waals surface area contributed by atoms with E-state index in [-0.39, 0.29) is 24.3 Å². The third kappa shape index (κ3) is 12.8. The molecule has 1 saturated carbocycles. The molecule has 1 aromatic rings. The Balaban J connectivity index is 0.000000433. The first kappa shape index (κ1) is 28.1. The highest BCUT2D eigenvalue weighted by Crippen LogP contribution is 2.29. The molecule has 0 saturated heterocycles. The fraction of sp³-hybridized carbons (Fsp3) is 0.680. The van der Waals surface area contributed by atoms with Gasteiger partial charge < -0.3 is 26.4 Å². The molecule has 1 aliphatic rings. The number of benzene rings is 1. The summed E-state index contributed by atoms with van der Waals surface area (Å²) in [5.74, 6) is 0.0365. The Hall–Kier alpha value is -1.96. The Morgan fingerprint density at radius 1 is 1.16 bits per heavy atom. The van der Waals surface area contributed by atoms with E-state index in [1.807, 2.05) is 20.8 Å². The van der Waals surface area contributed by atoms with E-state index in [0.717, 1.165) is 50.5 Å². The van der Waals surface area contributed by atoms with Gasteiger partial charge in [0.1, 0.15) is 5.75 Å². The van der Waals surface area contributed by atoms with Crippen molar-refractivity contribution >= 4 is 11.9 Å². The molecule has 0 bridgehead atoms. The topological polar surface area (TPSA) is 136 Å². The van der Waals surface area contributed by atoms with Gasteiger partial charge in [-0.25, -0.2) is 0 Å². The maximum atomic E-state index is 12.1. The lowest BCUT2D eigenvalue weighted by Gasteiger charge is -2.26. The molecule has 1 aliphatic carbocycles. The maximum absolute atomic E-state index is 12.1. The van der Waals surface area contributed by atoms with Crippen LogP contribution in [0.25, 0.3) is 0 Å². The molecular formula is C25H42N2O5. The lowest BCUT2D eigenvalue weighted by Crippen LogP contribution is -2.28. The summed E-state index contributed by atoms with van der Waals surface area (Å²) in [4.78, 5) is 22.7. The van der Waals surface area contributed by atoms with Gasteiger partial charge in [0.15, 0.2) is 0 Å². The summed E-state index contributed by atoms with van der Waals surface area (Å²) in [6.07, 6.45) is 7.11. The zero-order chi connectivity index (χ0) is 24.1. The first-order chi connectivity index (χ1) is 15.0. The van der Waals surface area contributed by atoms with Crippen molar-refractivity contribution in [1.82, 2.24) is 0 Å². The number of aliphatic hydroxyl groups is 1. The van der Waals surface area contributed by atoms with E-state index in [1.54, 1.807) is 24.3 Å². The van der Waals surface area contributed by atoms with E-state index >= 15 is 0 Å². The molecule has 0 spiro atoms. The molecular weight excluding hydrogens is 408 g/mol. The molecule has 2 rings (SSSR count). The first-order valence-corrected chi connectivity index (χ1v) is 11.7. The van der Waals surface area contributed by atoms with Gasteiger partial charge >= 0.3 is 11.9 Å². The number of esters is 1. The second-order valence-electron chi connectivity index (χ2n) is 9.59. The molecule has 6 N–H and O–H groups in total. The summed E-state index contributed by atoms with van der Waals surface area (Å²) < 4.78 is 5.42. The summed E-state index contributed by atoms with van der Waals surface area (Å²) in [6.45, 7) is 6.34. The van der Waals surface area contributed by atoms with E-state index in [4.69, 9.17) is 21.3 Å². The summed E-state index contributed by atoms with van der Waals surface area (Å²) >= 11 is 0. The monoisotopic (exact) mass is 450 g/mol. The largest absolute Gasteiger partial charge is 0.481 e. The van der Waals surface area contributed by atoms with Crippen molar-refractivity contribution < 1.29 is 24.5 Å². The van der Waals surface area contributed by atoms with Crippen LogP contribution in [0.1, 0.15) is 77.7 Å². The number of aryl methyl sites for hydroxylation is 1. The van der Waals surface area contributed by atoms with Gasteiger partial charge in [-0.05, 0) is 102 Å². The predicted octanol–water partition coefficient (Wildman–Crippen LogP) is 3.65. The summed E-state index contributed by atoms with van der Waals surface area (Å²) in [7, 11) is 0. The van der Waals surface area contributed by atoms with Crippen LogP contribution in [0.2, 0.25) is 0 Å². The Labute approximate surface area is 192 Å². The third-order valence-corrected chi connectivity index (χ3v) is 5.73. The predicted molar refractivity (Wildman–Crippen MR) is 126 cm³/mol. The smallest absolute Gasteiger partial charge is 0.314 e. The van der Waals surface area contributed by atoms with Crippen LogP contribution in [0.5, 0.6) is 5.75 Å². The molecule has 7 heteroatoms. The van der Waals surface area contributed by atoms with E-state index in [9.17, 15) is 14.7 Å². The van der Waals surface area contributed by atoms with Gasteiger partial charge in [-0.3, -0.25) is 9.59 Å². The Kier molecular flexibility index (Phi) is 12.5. The molecule has 1 fully saturated rings. The number of nitrogens with two attached hydrogens (primary N) is 2. The standard InChI is InChI=1S/C17H23NO4.C8H19NO/c18-11-13-1-6-14(7-2-13)17(21)22-15-8-3-12(4-9-15)5-10-16(19)20;1-7(9)5-4-6-8(2,3)10/h3-4,8-9,13-14H,1-2,5-7,10-11,18H2,(H,19,20);7,10H,4-6,9H2,1-3H3. The lowest BCUT2D eigenvalue weighted by molar-refractivity contribution is -0.140. The Morgan fingerprint density at radius 3 is 2.22 bits per heavy atom. The minimum atomic E-state index is -0.816. The fourth-order valence-corrected chi connectivity index (χ4v) is 3.67. The molecule has 0 heterocycles. The number of rotatable bonds is 10. The first-order valence-electron chi connectivity index (χ1n) is 11.7. The van der Waals surface area contributed by atoms with Gasteiger partial charge in [0.05, 0.1) is 11.5 Å². The molecule has 1 aromatic carbocycles. The summed E-state index contributed by atoms with van der Waals surface area (Å²) in [5.41, 5.74) is 11.6. The van der Waals surface area contributed by atoms with Crippen molar-refractivity contribution in [2.45, 2.75) is 90.2 Å². The zero-order valence-electron chi connectivity index (χ0n) is 19.9. The Bertz CT molecular complexity index is 675. The van der Waals surface area contributed by atoms with E-state index in [1.165, 1.54) is 0 Å². The minimum Gasteiger partial charge on any atom is -0.481 e. The second-order valence-corrected chi connectivity index (χ2v) is 9.59. The van der Waals surface area contributed by atoms with Crippen LogP contribution in [-0.4, -0.2) is 40.3 Å². The highest BCUT2D eigenvalue weighted by molar-refractivity contribution is 5.75. The van der Waals surface area contributed by atoms with Gasteiger partial charge in [-0.15, -0.1) is 0 Å². The lowest BCUT2D eigenvalue weighted by atomic mass is 9.82. The van der Waals surface area contributed by atoms with Gasteiger partial charge in [0.25, 0.3) is 0 Å². The average molecular weight is 451 g/mol. The second kappa shape index (κ2) is 14.2. The van der Waals surface area contributed by atoms with Crippen LogP contribution < -0.4 is 16.2 Å². The highest BCUT2D eigenvalue weighted by Gasteiger charge is 2.27. The third-order valence-electron chi connectivity index (χ3n) is 5.73. The molecule has 0 aromatic heterocycles. The van der Waals surface area contributed by atoms with Gasteiger partial charge in [-0.2, -0.15) is 0 Å². The zero-order valence-corrected chi connectivity index (χ0v) is 19.9. The molecule has 0 radical (unpaired) electrons. The van der Waals surface area contributed by atoms with Crippen LogP contribution >= 0.6 is 0 Å². The van der Waals surface area contributed by atoms with E-state index in [2.05, 4.69) is 0 Å². The number of carbonyl (C=O) groups is 2. The van der Waals surface area contributed by atoms with Gasteiger partial charge in [-0.1, -0.05) is 12.1 Å². The number of hydrogen-bond acceptors (Lipinski definition) is 6. The number of ether oxygens (including phenoxy) is 1. The van der Waals surface area contributed by atoms with E-state index < -0.39 is 11.6 Å². The van der Waals surface area contributed by atoms with Crippen molar-refractivity contribution in [2.24, 2.45) is 23.3 Å². The average Bonchev–Trinajstić information content (AvgIpc) is 2.72. The van der Waals surface area contributed by atoms with Crippen LogP contribution in [0.3, 0.4) is 0 Å². The molecule has 182 valence electrons. The van der Waals surface area contributed by atoms with Crippen molar-refractivity contribution in [3.63, 3.8) is 0 Å². The number of aliphatic carboxylic acids is 1. The summed E-state index contributed by atoms with van der Waals surface area (Å²) in [5, 5.41) is 17.9. The Morgan fingerprint density at radius 2 is 1.75 bits per heavy atom. The van der Waals surface area contributed by atoms with E-state index in [0.29, 0.717) is 24.6 Å². The molecule has 7 nitrogen and oxygen atoms in total. The molecule has 1 unspecified atom stereocenters. The van der Waals surface area contributed by atoms with Crippen molar-refractivity contribution in [3.05, 3.63) is 29.8 Å². The SMILES string of the molecule is CC(N)CCCC(C)(C)O.NCC1CCC(C(=O)Oc2ccc(CCC(=O)O)cc2)CC1.